The Morgan fingerprint density at radius 2 is 1.89 bits per heavy atom. The monoisotopic (exact) mass is 252 g/mol. The van der Waals surface area contributed by atoms with Crippen LogP contribution in [0.2, 0.25) is 0 Å². The number of carbonyl (C=O) groups is 1. The smallest absolute Gasteiger partial charge is 0.338 e. The van der Waals surface area contributed by atoms with Gasteiger partial charge in [0.05, 0.1) is 39.4 Å². The van der Waals surface area contributed by atoms with E-state index < -0.39 is 0 Å². The van der Waals surface area contributed by atoms with Gasteiger partial charge in [-0.2, -0.15) is 0 Å². The lowest BCUT2D eigenvalue weighted by molar-refractivity contribution is -0.858. The molecule has 0 radical (unpaired) electrons. The minimum absolute atomic E-state index is 0.271. The van der Waals surface area contributed by atoms with E-state index in [9.17, 15) is 4.79 Å². The van der Waals surface area contributed by atoms with E-state index in [4.69, 9.17) is 9.47 Å². The Morgan fingerprint density at radius 1 is 1.22 bits per heavy atom. The highest BCUT2D eigenvalue weighted by atomic mass is 16.5. The quantitative estimate of drug-likeness (QED) is 0.576. The highest BCUT2D eigenvalue weighted by molar-refractivity contribution is 5.89. The van der Waals surface area contributed by atoms with Crippen molar-refractivity contribution in [2.45, 2.75) is 13.3 Å². The van der Waals surface area contributed by atoms with Crippen molar-refractivity contribution in [2.24, 2.45) is 0 Å². The van der Waals surface area contributed by atoms with Crippen LogP contribution in [0.15, 0.2) is 24.3 Å². The van der Waals surface area contributed by atoms with Gasteiger partial charge < -0.3 is 14.4 Å². The molecular weight excluding hydrogens is 230 g/mol. The highest BCUT2D eigenvalue weighted by Crippen LogP contribution is 2.12. The van der Waals surface area contributed by atoms with Crippen molar-refractivity contribution in [3.05, 3.63) is 29.8 Å². The average molecular weight is 252 g/mol. The van der Waals surface area contributed by atoms with Crippen molar-refractivity contribution in [2.75, 3.05) is 33.9 Å². The van der Waals surface area contributed by atoms with Gasteiger partial charge >= 0.3 is 5.97 Å². The number of hydrogen-bond acceptors (Lipinski definition) is 3. The van der Waals surface area contributed by atoms with Gasteiger partial charge in [0.2, 0.25) is 0 Å². The van der Waals surface area contributed by atoms with Gasteiger partial charge in [-0.15, -0.1) is 0 Å². The van der Waals surface area contributed by atoms with Crippen LogP contribution < -0.4 is 9.64 Å². The summed E-state index contributed by atoms with van der Waals surface area (Å²) in [4.78, 5) is 13.0. The molecule has 18 heavy (non-hydrogen) atoms. The molecule has 0 unspecified atom stereocenters. The summed E-state index contributed by atoms with van der Waals surface area (Å²) in [6, 6.07) is 7.02. The molecule has 0 aliphatic rings. The van der Waals surface area contributed by atoms with Crippen LogP contribution in [0.4, 0.5) is 0 Å². The second-order valence-corrected chi connectivity index (χ2v) is 4.40. The fraction of sp³-hybridized carbons (Fsp3) is 0.500. The lowest BCUT2D eigenvalue weighted by Crippen LogP contribution is -3.05. The third-order valence-electron chi connectivity index (χ3n) is 2.46. The molecule has 100 valence electrons. The lowest BCUT2D eigenvalue weighted by Gasteiger charge is -2.08. The summed E-state index contributed by atoms with van der Waals surface area (Å²) in [5.41, 5.74) is 0.565. The van der Waals surface area contributed by atoms with E-state index in [2.05, 4.69) is 14.1 Å². The number of benzene rings is 1. The first-order valence-electron chi connectivity index (χ1n) is 6.32. The van der Waals surface area contributed by atoms with Crippen LogP contribution in [-0.4, -0.2) is 39.8 Å². The van der Waals surface area contributed by atoms with E-state index in [-0.39, 0.29) is 5.97 Å². The molecule has 0 atom stereocenters. The molecular formula is C14H22NO3+. The Morgan fingerprint density at radius 3 is 2.44 bits per heavy atom. The Labute approximate surface area is 108 Å². The van der Waals surface area contributed by atoms with Crippen molar-refractivity contribution in [1.82, 2.24) is 0 Å². The molecule has 4 nitrogen and oxygen atoms in total. The summed E-state index contributed by atoms with van der Waals surface area (Å²) in [6.45, 7) is 4.01. The molecule has 0 saturated heterocycles. The second-order valence-electron chi connectivity index (χ2n) is 4.40. The summed E-state index contributed by atoms with van der Waals surface area (Å²) in [6.07, 6.45) is 0.880. The minimum Gasteiger partial charge on any atom is -0.494 e. The molecule has 0 fully saturated rings. The summed E-state index contributed by atoms with van der Waals surface area (Å²) in [5, 5.41) is 0. The third kappa shape index (κ3) is 5.19. The number of quaternary nitrogens is 1. The van der Waals surface area contributed by atoms with Crippen LogP contribution in [0.3, 0.4) is 0 Å². The molecule has 1 aromatic carbocycles. The predicted octanol–water partition coefficient (Wildman–Crippen LogP) is 0.777. The molecule has 0 saturated carbocycles. The molecule has 4 heteroatoms. The first kappa shape index (κ1) is 14.5. The average Bonchev–Trinajstić information content (AvgIpc) is 2.35. The minimum atomic E-state index is -0.271. The van der Waals surface area contributed by atoms with Crippen LogP contribution in [0, 0.1) is 0 Å². The molecule has 0 aliphatic carbocycles. The van der Waals surface area contributed by atoms with E-state index in [1.54, 1.807) is 24.3 Å². The molecule has 0 bridgehead atoms. The fourth-order valence-electron chi connectivity index (χ4n) is 1.53. The van der Waals surface area contributed by atoms with Crippen LogP contribution >= 0.6 is 0 Å². The van der Waals surface area contributed by atoms with Crippen molar-refractivity contribution in [3.63, 3.8) is 0 Å². The summed E-state index contributed by atoms with van der Waals surface area (Å²) < 4.78 is 10.5. The van der Waals surface area contributed by atoms with Gasteiger partial charge in [-0.1, -0.05) is 0 Å². The van der Waals surface area contributed by atoms with Crippen LogP contribution in [0.25, 0.3) is 0 Å². The van der Waals surface area contributed by atoms with E-state index in [1.807, 2.05) is 6.92 Å². The van der Waals surface area contributed by atoms with Gasteiger partial charge in [0.25, 0.3) is 0 Å². The Kier molecular flexibility index (Phi) is 6.22. The molecule has 0 aromatic heterocycles. The lowest BCUT2D eigenvalue weighted by atomic mass is 10.2. The van der Waals surface area contributed by atoms with E-state index in [1.165, 1.54) is 4.90 Å². The molecule has 0 aliphatic heterocycles. The van der Waals surface area contributed by atoms with Crippen LogP contribution in [-0.2, 0) is 4.74 Å². The summed E-state index contributed by atoms with van der Waals surface area (Å²) in [5.74, 6) is 0.497. The van der Waals surface area contributed by atoms with Gasteiger partial charge in [0.1, 0.15) is 5.75 Å². The number of ether oxygens (including phenoxy) is 2. The number of rotatable bonds is 7. The van der Waals surface area contributed by atoms with Gasteiger partial charge in [-0.3, -0.25) is 0 Å². The first-order valence-corrected chi connectivity index (χ1v) is 6.32. The van der Waals surface area contributed by atoms with Crippen molar-refractivity contribution in [1.29, 1.82) is 0 Å². The second kappa shape index (κ2) is 7.71. The topological polar surface area (TPSA) is 40.0 Å². The highest BCUT2D eigenvalue weighted by Gasteiger charge is 2.07. The van der Waals surface area contributed by atoms with E-state index in [0.717, 1.165) is 18.7 Å². The largest absolute Gasteiger partial charge is 0.494 e. The van der Waals surface area contributed by atoms with Gasteiger partial charge in [0, 0.05) is 6.42 Å². The van der Waals surface area contributed by atoms with E-state index in [0.29, 0.717) is 18.8 Å². The SMILES string of the molecule is CCOc1ccc(C(=O)OCCC[NH+](C)C)cc1. The summed E-state index contributed by atoms with van der Waals surface area (Å²) >= 11 is 0. The standard InChI is InChI=1S/C14H21NO3/c1-4-17-13-8-6-12(7-9-13)14(16)18-11-5-10-15(2)3/h6-9H,4-5,10-11H2,1-3H3/p+1. The Balaban J connectivity index is 2.37. The predicted molar refractivity (Wildman–Crippen MR) is 70.2 cm³/mol. The van der Waals surface area contributed by atoms with Crippen molar-refractivity contribution < 1.29 is 19.2 Å². The summed E-state index contributed by atoms with van der Waals surface area (Å²) in [7, 11) is 4.16. The number of hydrogen-bond donors (Lipinski definition) is 1. The fourth-order valence-corrected chi connectivity index (χ4v) is 1.53. The molecule has 1 rings (SSSR count). The molecule has 0 heterocycles. The molecule has 1 N–H and O–H groups in total. The number of carbonyl (C=O) groups excluding carboxylic acids is 1. The maximum absolute atomic E-state index is 11.7. The van der Waals surface area contributed by atoms with E-state index >= 15 is 0 Å². The Hall–Kier alpha value is -1.55. The van der Waals surface area contributed by atoms with Crippen LogP contribution in [0.5, 0.6) is 5.75 Å². The van der Waals surface area contributed by atoms with Gasteiger partial charge in [0.15, 0.2) is 0 Å². The molecule has 0 spiro atoms. The van der Waals surface area contributed by atoms with Crippen molar-refractivity contribution in [3.8, 4) is 5.75 Å². The molecule has 1 aromatic rings. The normalized spacial score (nSPS) is 10.4. The Bertz CT molecular complexity index is 360. The number of esters is 1. The maximum atomic E-state index is 11.7. The third-order valence-corrected chi connectivity index (χ3v) is 2.46. The van der Waals surface area contributed by atoms with Crippen molar-refractivity contribution >= 4 is 5.97 Å². The first-order chi connectivity index (χ1) is 8.63. The zero-order valence-electron chi connectivity index (χ0n) is 11.4. The number of nitrogens with one attached hydrogen (secondary N) is 1. The van der Waals surface area contributed by atoms with Crippen LogP contribution in [0.1, 0.15) is 23.7 Å². The molecule has 0 amide bonds. The maximum Gasteiger partial charge on any atom is 0.338 e. The van der Waals surface area contributed by atoms with Gasteiger partial charge in [-0.25, -0.2) is 4.79 Å². The van der Waals surface area contributed by atoms with Gasteiger partial charge in [-0.05, 0) is 31.2 Å². The zero-order valence-corrected chi connectivity index (χ0v) is 11.4. The zero-order chi connectivity index (χ0) is 13.4.